The van der Waals surface area contributed by atoms with E-state index in [9.17, 15) is 9.59 Å². The number of carbonyl (C=O) groups excluding carboxylic acids is 1. The molecule has 0 saturated carbocycles. The zero-order chi connectivity index (χ0) is 15.4. The zero-order valence-corrected chi connectivity index (χ0v) is 14.4. The minimum absolute atomic E-state index is 0.0587. The first-order valence-corrected chi connectivity index (χ1v) is 8.65. The molecule has 0 radical (unpaired) electrons. The molecule has 1 N–H and O–H groups in total. The molecule has 2 aromatic heterocycles. The number of thiazole rings is 1. The van der Waals surface area contributed by atoms with Crippen LogP contribution in [-0.4, -0.2) is 40.5 Å². The van der Waals surface area contributed by atoms with Crippen LogP contribution in [0.4, 0.5) is 0 Å². The highest BCUT2D eigenvalue weighted by molar-refractivity contribution is 9.11. The smallest absolute Gasteiger partial charge is 0.303 e. The average Bonchev–Trinajstić information content (AvgIpc) is 3.05. The van der Waals surface area contributed by atoms with E-state index in [1.54, 1.807) is 23.8 Å². The van der Waals surface area contributed by atoms with Gasteiger partial charge < -0.3 is 10.0 Å². The van der Waals surface area contributed by atoms with Crippen molar-refractivity contribution in [3.63, 3.8) is 0 Å². The van der Waals surface area contributed by atoms with Crippen molar-refractivity contribution in [1.29, 1.82) is 0 Å². The molecule has 0 aromatic carbocycles. The van der Waals surface area contributed by atoms with Crippen LogP contribution in [-0.2, 0) is 4.79 Å². The van der Waals surface area contributed by atoms with Crippen LogP contribution in [0.25, 0.3) is 9.88 Å². The summed E-state index contributed by atoms with van der Waals surface area (Å²) >= 11 is 6.39. The Morgan fingerprint density at radius 1 is 1.43 bits per heavy atom. The lowest BCUT2D eigenvalue weighted by atomic mass is 10.3. The van der Waals surface area contributed by atoms with Gasteiger partial charge in [-0.1, -0.05) is 0 Å². The fourth-order valence-electron chi connectivity index (χ4n) is 1.68. The third-order valence-electron chi connectivity index (χ3n) is 2.74. The number of aliphatic carboxylic acids is 1. The Hall–Kier alpha value is -1.25. The number of amides is 1. The van der Waals surface area contributed by atoms with Gasteiger partial charge in [-0.2, -0.15) is 0 Å². The zero-order valence-electron chi connectivity index (χ0n) is 11.2. The van der Waals surface area contributed by atoms with Crippen molar-refractivity contribution in [2.24, 2.45) is 0 Å². The summed E-state index contributed by atoms with van der Waals surface area (Å²) in [6.45, 7) is 0.405. The summed E-state index contributed by atoms with van der Waals surface area (Å²) < 4.78 is 1.02. The Kier molecular flexibility index (Phi) is 5.49. The van der Waals surface area contributed by atoms with Gasteiger partial charge in [0.1, 0.15) is 10.7 Å². The number of nitrogens with zero attached hydrogens (tertiary/aromatic N) is 2. The molecular formula is C13H13BrN2O3S2. The van der Waals surface area contributed by atoms with E-state index in [-0.39, 0.29) is 12.3 Å². The van der Waals surface area contributed by atoms with Gasteiger partial charge in [-0.05, 0) is 34.5 Å². The Morgan fingerprint density at radius 2 is 2.19 bits per heavy atom. The summed E-state index contributed by atoms with van der Waals surface area (Å²) in [5.74, 6) is -1.03. The maximum atomic E-state index is 12.2. The number of carboxylic acids is 1. The summed E-state index contributed by atoms with van der Waals surface area (Å²) in [4.78, 5) is 29.5. The highest BCUT2D eigenvalue weighted by Gasteiger charge is 2.16. The average molecular weight is 389 g/mol. The van der Waals surface area contributed by atoms with Crippen molar-refractivity contribution in [2.75, 3.05) is 13.6 Å². The quantitative estimate of drug-likeness (QED) is 0.820. The standard InChI is InChI=1S/C13H13BrN2O3S2/c1-16(6-2-3-11(17)18)13(19)8-7-20-12(15-8)9-4-5-10(14)21-9/h4-5,7H,2-3,6H2,1H3,(H,17,18). The maximum Gasteiger partial charge on any atom is 0.303 e. The number of hydrogen-bond acceptors (Lipinski definition) is 5. The third-order valence-corrected chi connectivity index (χ3v) is 5.37. The predicted octanol–water partition coefficient (Wildman–Crippen LogP) is 3.57. The lowest BCUT2D eigenvalue weighted by molar-refractivity contribution is -0.137. The molecule has 2 aromatic rings. The second-order valence-corrected chi connectivity index (χ2v) is 7.69. The lowest BCUT2D eigenvalue weighted by Gasteiger charge is -2.14. The number of halogens is 1. The third kappa shape index (κ3) is 4.36. The second-order valence-electron chi connectivity index (χ2n) is 4.37. The van der Waals surface area contributed by atoms with Crippen molar-refractivity contribution in [3.8, 4) is 9.88 Å². The minimum atomic E-state index is -0.852. The fraction of sp³-hybridized carbons (Fsp3) is 0.308. The van der Waals surface area contributed by atoms with E-state index in [2.05, 4.69) is 20.9 Å². The molecule has 0 aliphatic rings. The molecular weight excluding hydrogens is 376 g/mol. The van der Waals surface area contributed by atoms with Crippen LogP contribution >= 0.6 is 38.6 Å². The summed E-state index contributed by atoms with van der Waals surface area (Å²) in [5, 5.41) is 11.1. The van der Waals surface area contributed by atoms with E-state index >= 15 is 0 Å². The van der Waals surface area contributed by atoms with Crippen molar-refractivity contribution < 1.29 is 14.7 Å². The molecule has 0 aliphatic heterocycles. The Morgan fingerprint density at radius 3 is 2.81 bits per heavy atom. The van der Waals surface area contributed by atoms with Gasteiger partial charge in [0.15, 0.2) is 0 Å². The summed E-state index contributed by atoms with van der Waals surface area (Å²) in [6.07, 6.45) is 0.496. The van der Waals surface area contributed by atoms with Gasteiger partial charge >= 0.3 is 5.97 Å². The molecule has 0 bridgehead atoms. The molecule has 0 spiro atoms. The molecule has 2 rings (SSSR count). The van der Waals surface area contributed by atoms with Crippen molar-refractivity contribution in [2.45, 2.75) is 12.8 Å². The normalized spacial score (nSPS) is 10.6. The van der Waals surface area contributed by atoms with Crippen LogP contribution in [0.2, 0.25) is 0 Å². The van der Waals surface area contributed by atoms with E-state index in [1.165, 1.54) is 16.2 Å². The molecule has 1 amide bonds. The number of hydrogen-bond donors (Lipinski definition) is 1. The minimum Gasteiger partial charge on any atom is -0.481 e. The molecule has 5 nitrogen and oxygen atoms in total. The van der Waals surface area contributed by atoms with Crippen LogP contribution in [0.3, 0.4) is 0 Å². The monoisotopic (exact) mass is 388 g/mol. The molecule has 112 valence electrons. The van der Waals surface area contributed by atoms with Gasteiger partial charge in [0.25, 0.3) is 5.91 Å². The van der Waals surface area contributed by atoms with Gasteiger partial charge in [-0.25, -0.2) is 4.98 Å². The number of carboxylic acid groups (broad SMARTS) is 1. The highest BCUT2D eigenvalue weighted by atomic mass is 79.9. The number of carbonyl (C=O) groups is 2. The Balaban J connectivity index is 2.00. The van der Waals surface area contributed by atoms with Gasteiger partial charge in [-0.15, -0.1) is 22.7 Å². The maximum absolute atomic E-state index is 12.2. The number of rotatable bonds is 6. The Labute approximate surface area is 138 Å². The van der Waals surface area contributed by atoms with E-state index in [0.717, 1.165) is 13.7 Å². The van der Waals surface area contributed by atoms with Crippen molar-refractivity contribution >= 4 is 50.5 Å². The number of thiophene rings is 1. The summed E-state index contributed by atoms with van der Waals surface area (Å²) in [6, 6.07) is 3.90. The molecule has 8 heteroatoms. The first-order chi connectivity index (χ1) is 9.97. The predicted molar refractivity (Wildman–Crippen MR) is 87.0 cm³/mol. The van der Waals surface area contributed by atoms with Gasteiger partial charge in [0, 0.05) is 25.4 Å². The van der Waals surface area contributed by atoms with E-state index < -0.39 is 5.97 Å². The van der Waals surface area contributed by atoms with Crippen LogP contribution in [0.1, 0.15) is 23.3 Å². The molecule has 2 heterocycles. The lowest BCUT2D eigenvalue weighted by Crippen LogP contribution is -2.28. The number of aromatic nitrogens is 1. The largest absolute Gasteiger partial charge is 0.481 e. The van der Waals surface area contributed by atoms with Crippen molar-refractivity contribution in [1.82, 2.24) is 9.88 Å². The summed E-state index contributed by atoms with van der Waals surface area (Å²) in [5.41, 5.74) is 0.400. The molecule has 0 aliphatic carbocycles. The van der Waals surface area contributed by atoms with Gasteiger partial charge in [0.2, 0.25) is 0 Å². The Bertz CT molecular complexity index is 653. The first kappa shape index (κ1) is 16.1. The second kappa shape index (κ2) is 7.15. The van der Waals surface area contributed by atoms with Gasteiger partial charge in [-0.3, -0.25) is 9.59 Å². The molecule has 0 unspecified atom stereocenters. The van der Waals surface area contributed by atoms with Crippen molar-refractivity contribution in [3.05, 3.63) is 27.0 Å². The topological polar surface area (TPSA) is 70.5 Å². The van der Waals surface area contributed by atoms with E-state index in [4.69, 9.17) is 5.11 Å². The van der Waals surface area contributed by atoms with Crippen LogP contribution < -0.4 is 0 Å². The van der Waals surface area contributed by atoms with E-state index in [0.29, 0.717) is 18.7 Å². The molecule has 0 atom stereocenters. The van der Waals surface area contributed by atoms with E-state index in [1.807, 2.05) is 12.1 Å². The van der Waals surface area contributed by atoms with Crippen LogP contribution in [0, 0.1) is 0 Å². The summed E-state index contributed by atoms with van der Waals surface area (Å²) in [7, 11) is 1.66. The van der Waals surface area contributed by atoms with Crippen LogP contribution in [0.15, 0.2) is 21.3 Å². The first-order valence-electron chi connectivity index (χ1n) is 6.16. The molecule has 0 saturated heterocycles. The fourth-order valence-corrected chi connectivity index (χ4v) is 3.93. The molecule has 0 fully saturated rings. The highest BCUT2D eigenvalue weighted by Crippen LogP contribution is 2.33. The van der Waals surface area contributed by atoms with Gasteiger partial charge in [0.05, 0.1) is 8.66 Å². The molecule has 21 heavy (non-hydrogen) atoms. The van der Waals surface area contributed by atoms with Crippen LogP contribution in [0.5, 0.6) is 0 Å². The SMILES string of the molecule is CN(CCCC(=O)O)C(=O)c1csc(-c2ccc(Br)s2)n1.